The van der Waals surface area contributed by atoms with Crippen LogP contribution in [-0.2, 0) is 11.2 Å². The van der Waals surface area contributed by atoms with Crippen molar-refractivity contribution < 1.29 is 19.2 Å². The lowest BCUT2D eigenvalue weighted by atomic mass is 10.1. The molecule has 1 aromatic heterocycles. The van der Waals surface area contributed by atoms with Gasteiger partial charge in [-0.15, -0.1) is 0 Å². The van der Waals surface area contributed by atoms with Gasteiger partial charge >= 0.3 is 5.97 Å². The molecular formula is C14H13BrN2O4. The van der Waals surface area contributed by atoms with Crippen LogP contribution in [0, 0.1) is 13.8 Å². The molecule has 0 bridgehead atoms. The van der Waals surface area contributed by atoms with E-state index in [-0.39, 0.29) is 17.9 Å². The first kappa shape index (κ1) is 15.2. The Bertz CT molecular complexity index is 689. The Kier molecular flexibility index (Phi) is 4.42. The Morgan fingerprint density at radius 2 is 2.10 bits per heavy atom. The number of nitrogens with one attached hydrogen (secondary N) is 1. The number of aromatic carboxylic acids is 1. The van der Waals surface area contributed by atoms with Crippen molar-refractivity contribution in [2.75, 3.05) is 5.32 Å². The predicted molar refractivity (Wildman–Crippen MR) is 79.4 cm³/mol. The van der Waals surface area contributed by atoms with E-state index < -0.39 is 5.97 Å². The highest BCUT2D eigenvalue weighted by molar-refractivity contribution is 9.10. The zero-order valence-electron chi connectivity index (χ0n) is 11.4. The van der Waals surface area contributed by atoms with Gasteiger partial charge < -0.3 is 14.9 Å². The summed E-state index contributed by atoms with van der Waals surface area (Å²) >= 11 is 3.15. The average Bonchev–Trinajstić information content (AvgIpc) is 2.72. The van der Waals surface area contributed by atoms with Gasteiger partial charge in [-0.1, -0.05) is 5.16 Å². The van der Waals surface area contributed by atoms with Crippen molar-refractivity contribution in [1.82, 2.24) is 5.16 Å². The highest BCUT2D eigenvalue weighted by atomic mass is 79.9. The summed E-state index contributed by atoms with van der Waals surface area (Å²) in [4.78, 5) is 23.1. The summed E-state index contributed by atoms with van der Waals surface area (Å²) in [6.45, 7) is 3.51. The number of carbonyl (C=O) groups is 2. The van der Waals surface area contributed by atoms with Crippen LogP contribution in [0.15, 0.2) is 27.2 Å². The Labute approximate surface area is 129 Å². The van der Waals surface area contributed by atoms with Gasteiger partial charge in [0.05, 0.1) is 17.7 Å². The highest BCUT2D eigenvalue weighted by Gasteiger charge is 2.15. The fourth-order valence-corrected chi connectivity index (χ4v) is 2.30. The van der Waals surface area contributed by atoms with Gasteiger partial charge in [0, 0.05) is 15.7 Å². The Morgan fingerprint density at radius 1 is 1.38 bits per heavy atom. The maximum atomic E-state index is 12.0. The molecule has 0 saturated carbocycles. The summed E-state index contributed by atoms with van der Waals surface area (Å²) in [7, 11) is 0. The first-order valence-electron chi connectivity index (χ1n) is 6.13. The summed E-state index contributed by atoms with van der Waals surface area (Å²) < 4.78 is 5.46. The van der Waals surface area contributed by atoms with Crippen molar-refractivity contribution in [2.24, 2.45) is 0 Å². The van der Waals surface area contributed by atoms with E-state index in [9.17, 15) is 9.59 Å². The molecule has 0 fully saturated rings. The molecule has 1 heterocycles. The quantitative estimate of drug-likeness (QED) is 0.882. The number of hydrogen-bond acceptors (Lipinski definition) is 4. The number of aryl methyl sites for hydroxylation is 2. The molecule has 0 saturated heterocycles. The minimum absolute atomic E-state index is 0.0881. The van der Waals surface area contributed by atoms with E-state index in [4.69, 9.17) is 9.63 Å². The largest absolute Gasteiger partial charge is 0.478 e. The predicted octanol–water partition coefficient (Wildman–Crippen LogP) is 2.93. The molecule has 0 radical (unpaired) electrons. The van der Waals surface area contributed by atoms with Crippen molar-refractivity contribution in [1.29, 1.82) is 0 Å². The normalized spacial score (nSPS) is 10.4. The molecule has 7 heteroatoms. The summed E-state index contributed by atoms with van der Waals surface area (Å²) in [5.41, 5.74) is 1.92. The maximum Gasteiger partial charge on any atom is 0.336 e. The Balaban J connectivity index is 2.13. The van der Waals surface area contributed by atoms with Gasteiger partial charge in [0.15, 0.2) is 0 Å². The second kappa shape index (κ2) is 6.09. The van der Waals surface area contributed by atoms with Crippen molar-refractivity contribution in [3.8, 4) is 0 Å². The van der Waals surface area contributed by atoms with Gasteiger partial charge in [-0.05, 0) is 48.0 Å². The first-order chi connectivity index (χ1) is 9.88. The molecule has 0 spiro atoms. The van der Waals surface area contributed by atoms with E-state index >= 15 is 0 Å². The van der Waals surface area contributed by atoms with Gasteiger partial charge in [0.1, 0.15) is 5.76 Å². The van der Waals surface area contributed by atoms with Crippen LogP contribution in [0.5, 0.6) is 0 Å². The van der Waals surface area contributed by atoms with Gasteiger partial charge in [-0.3, -0.25) is 4.79 Å². The van der Waals surface area contributed by atoms with Crippen molar-refractivity contribution >= 4 is 33.5 Å². The number of carboxylic acids is 1. The van der Waals surface area contributed by atoms with Gasteiger partial charge in [-0.25, -0.2) is 4.79 Å². The third-order valence-corrected chi connectivity index (χ3v) is 3.69. The number of halogens is 1. The monoisotopic (exact) mass is 352 g/mol. The van der Waals surface area contributed by atoms with Gasteiger partial charge in [0.25, 0.3) is 0 Å². The topological polar surface area (TPSA) is 92.4 Å². The van der Waals surface area contributed by atoms with Crippen LogP contribution in [0.3, 0.4) is 0 Å². The molecule has 110 valence electrons. The third kappa shape index (κ3) is 3.49. The van der Waals surface area contributed by atoms with E-state index in [0.29, 0.717) is 21.6 Å². The highest BCUT2D eigenvalue weighted by Crippen LogP contribution is 2.21. The summed E-state index contributed by atoms with van der Waals surface area (Å²) in [5.74, 6) is -0.726. The van der Waals surface area contributed by atoms with Crippen molar-refractivity contribution in [3.63, 3.8) is 0 Å². The number of anilines is 1. The Morgan fingerprint density at radius 3 is 2.67 bits per heavy atom. The molecule has 0 aliphatic carbocycles. The van der Waals surface area contributed by atoms with E-state index in [1.807, 2.05) is 0 Å². The lowest BCUT2D eigenvalue weighted by molar-refractivity contribution is -0.115. The number of benzene rings is 1. The van der Waals surface area contributed by atoms with E-state index in [2.05, 4.69) is 26.4 Å². The molecule has 0 aliphatic rings. The third-order valence-electron chi connectivity index (χ3n) is 3.00. The number of aromatic nitrogens is 1. The van der Waals surface area contributed by atoms with Crippen LogP contribution in [0.1, 0.15) is 27.4 Å². The summed E-state index contributed by atoms with van der Waals surface area (Å²) in [6.07, 6.45) is 0.125. The fourth-order valence-electron chi connectivity index (χ4n) is 1.89. The smallest absolute Gasteiger partial charge is 0.336 e. The molecule has 0 aliphatic heterocycles. The molecule has 1 amide bonds. The SMILES string of the molecule is Cc1noc(C)c1CC(=O)Nc1ccc(Br)c(C(=O)O)c1. The van der Waals surface area contributed by atoms with Gasteiger partial charge in [0.2, 0.25) is 5.91 Å². The fraction of sp³-hybridized carbons (Fsp3) is 0.214. The van der Waals surface area contributed by atoms with E-state index in [1.54, 1.807) is 26.0 Å². The molecule has 21 heavy (non-hydrogen) atoms. The summed E-state index contributed by atoms with van der Waals surface area (Å²) in [6, 6.07) is 4.61. The lowest BCUT2D eigenvalue weighted by Crippen LogP contribution is -2.15. The van der Waals surface area contributed by atoms with E-state index in [0.717, 1.165) is 5.56 Å². The molecule has 6 nitrogen and oxygen atoms in total. The number of carboxylic acid groups (broad SMARTS) is 1. The van der Waals surface area contributed by atoms with Crippen LogP contribution >= 0.6 is 15.9 Å². The standard InChI is InChI=1S/C14H13BrN2O4/c1-7-10(8(2)21-17-7)6-13(18)16-9-3-4-12(15)11(5-9)14(19)20/h3-5H,6H2,1-2H3,(H,16,18)(H,19,20). The zero-order chi connectivity index (χ0) is 15.6. The van der Waals surface area contributed by atoms with Crippen LogP contribution in [0.4, 0.5) is 5.69 Å². The van der Waals surface area contributed by atoms with Crippen LogP contribution in [0.25, 0.3) is 0 Å². The molecule has 0 unspecified atom stereocenters. The molecule has 0 atom stereocenters. The molecule has 1 aromatic carbocycles. The lowest BCUT2D eigenvalue weighted by Gasteiger charge is -2.07. The molecule has 2 N–H and O–H groups in total. The zero-order valence-corrected chi connectivity index (χ0v) is 13.0. The number of hydrogen-bond donors (Lipinski definition) is 2. The number of carbonyl (C=O) groups excluding carboxylic acids is 1. The second-order valence-corrected chi connectivity index (χ2v) is 5.38. The molecule has 2 rings (SSSR count). The number of nitrogens with zero attached hydrogens (tertiary/aromatic N) is 1. The Hall–Kier alpha value is -2.15. The number of amides is 1. The first-order valence-corrected chi connectivity index (χ1v) is 6.92. The minimum Gasteiger partial charge on any atom is -0.478 e. The second-order valence-electron chi connectivity index (χ2n) is 4.53. The van der Waals surface area contributed by atoms with Crippen molar-refractivity contribution in [2.45, 2.75) is 20.3 Å². The van der Waals surface area contributed by atoms with Crippen LogP contribution in [-0.4, -0.2) is 22.1 Å². The minimum atomic E-state index is -1.07. The molecule has 2 aromatic rings. The van der Waals surface area contributed by atoms with Crippen LogP contribution in [0.2, 0.25) is 0 Å². The maximum absolute atomic E-state index is 12.0. The average molecular weight is 353 g/mol. The van der Waals surface area contributed by atoms with Crippen LogP contribution < -0.4 is 5.32 Å². The van der Waals surface area contributed by atoms with Crippen molar-refractivity contribution in [3.05, 3.63) is 45.3 Å². The van der Waals surface area contributed by atoms with Gasteiger partial charge in [-0.2, -0.15) is 0 Å². The van der Waals surface area contributed by atoms with E-state index in [1.165, 1.54) is 6.07 Å². The molecular weight excluding hydrogens is 340 g/mol. The number of rotatable bonds is 4. The summed E-state index contributed by atoms with van der Waals surface area (Å²) in [5, 5.41) is 15.5.